The minimum Gasteiger partial charge on any atom is -0.176 e. The van der Waals surface area contributed by atoms with Gasteiger partial charge in [0.2, 0.25) is 5.16 Å². The lowest BCUT2D eigenvalue weighted by Gasteiger charge is -1.80. The molecule has 1 N–H and O–H groups in total. The van der Waals surface area contributed by atoms with E-state index >= 15 is 0 Å². The average molecular weight is 148 g/mol. The summed E-state index contributed by atoms with van der Waals surface area (Å²) >= 11 is 0. The van der Waals surface area contributed by atoms with Crippen LogP contribution < -0.4 is 0 Å². The molecule has 0 spiro atoms. The van der Waals surface area contributed by atoms with Crippen molar-refractivity contribution in [1.82, 2.24) is 20.6 Å². The Hall–Kier alpha value is -0.230. The molecule has 8 heavy (non-hydrogen) atoms. The number of nitrogens with zero attached hydrogens (tertiary/aromatic N) is 3. The molecule has 0 saturated heterocycles. The molecule has 1 aromatic heterocycles. The van der Waals surface area contributed by atoms with Gasteiger partial charge in [-0.15, -0.1) is 10.2 Å². The van der Waals surface area contributed by atoms with Crippen LogP contribution in [0.4, 0.5) is 0 Å². The molecule has 4 nitrogen and oxygen atoms in total. The Morgan fingerprint density at radius 2 is 2.50 bits per heavy atom. The highest BCUT2D eigenvalue weighted by Gasteiger charge is 1.93. The Bertz CT molecular complexity index is 138. The summed E-state index contributed by atoms with van der Waals surface area (Å²) in [7, 11) is 3.07. The fourth-order valence-electron chi connectivity index (χ4n) is 0.262. The summed E-state index contributed by atoms with van der Waals surface area (Å²) in [6.07, 6.45) is 1.96. The van der Waals surface area contributed by atoms with Gasteiger partial charge >= 0.3 is 0 Å². The zero-order chi connectivity index (χ0) is 5.82. The van der Waals surface area contributed by atoms with E-state index in [1.807, 2.05) is 6.26 Å². The van der Waals surface area contributed by atoms with Crippen molar-refractivity contribution in [3.8, 4) is 0 Å². The Labute approximate surface area is 54.2 Å². The number of nitrogens with one attached hydrogen (secondary N) is 1. The third-order valence-corrected chi connectivity index (χ3v) is 1.92. The number of aromatic amines is 1. The van der Waals surface area contributed by atoms with Gasteiger partial charge in [0.25, 0.3) is 0 Å². The van der Waals surface area contributed by atoms with Gasteiger partial charge in [0.15, 0.2) is 0 Å². The molecule has 1 heterocycles. The smallest absolute Gasteiger partial charge is 0.176 e. The summed E-state index contributed by atoms with van der Waals surface area (Å²) in [5.41, 5.74) is 0. The van der Waals surface area contributed by atoms with Crippen molar-refractivity contribution in [2.75, 3.05) is 6.26 Å². The van der Waals surface area contributed by atoms with E-state index in [9.17, 15) is 0 Å². The van der Waals surface area contributed by atoms with Gasteiger partial charge in [-0.1, -0.05) is 10.8 Å². The first-order valence-corrected chi connectivity index (χ1v) is 4.43. The average Bonchev–Trinajstić information content (AvgIpc) is 2.19. The van der Waals surface area contributed by atoms with E-state index in [2.05, 4.69) is 20.6 Å². The molecule has 0 fully saturated rings. The van der Waals surface area contributed by atoms with Crippen LogP contribution in [0.2, 0.25) is 0 Å². The molecule has 1 rings (SSSR count). The van der Waals surface area contributed by atoms with E-state index in [-0.39, 0.29) is 0 Å². The van der Waals surface area contributed by atoms with Crippen molar-refractivity contribution in [1.29, 1.82) is 0 Å². The number of rotatable bonds is 2. The maximum atomic E-state index is 3.70. The van der Waals surface area contributed by atoms with Gasteiger partial charge in [-0.25, -0.2) is 0 Å². The molecule has 0 aliphatic heterocycles. The molecule has 0 saturated carbocycles. The van der Waals surface area contributed by atoms with Crippen molar-refractivity contribution >= 4 is 21.6 Å². The van der Waals surface area contributed by atoms with Crippen LogP contribution in [-0.2, 0) is 0 Å². The summed E-state index contributed by atoms with van der Waals surface area (Å²) < 4.78 is 0. The van der Waals surface area contributed by atoms with Crippen molar-refractivity contribution < 1.29 is 0 Å². The van der Waals surface area contributed by atoms with E-state index in [0.29, 0.717) is 5.16 Å². The Morgan fingerprint density at radius 3 is 3.00 bits per heavy atom. The van der Waals surface area contributed by atoms with E-state index in [4.69, 9.17) is 0 Å². The van der Waals surface area contributed by atoms with E-state index in [1.165, 1.54) is 10.8 Å². The number of hydrogen-bond acceptors (Lipinski definition) is 5. The van der Waals surface area contributed by atoms with E-state index in [0.717, 1.165) is 0 Å². The normalized spacial score (nSPS) is 9.62. The maximum Gasteiger partial charge on any atom is 0.241 e. The third-order valence-electron chi connectivity index (χ3n) is 0.484. The quantitative estimate of drug-likeness (QED) is 0.621. The number of tetrazole rings is 1. The molecule has 0 unspecified atom stereocenters. The van der Waals surface area contributed by atoms with Gasteiger partial charge in [-0.05, 0) is 22.3 Å². The highest BCUT2D eigenvalue weighted by Crippen LogP contribution is 2.22. The summed E-state index contributed by atoms with van der Waals surface area (Å²) in [5, 5.41) is 13.8. The molecule has 0 radical (unpaired) electrons. The topological polar surface area (TPSA) is 54.5 Å². The first-order valence-electron chi connectivity index (χ1n) is 1.87. The number of aromatic nitrogens is 4. The highest BCUT2D eigenvalue weighted by molar-refractivity contribution is 8.76. The second-order valence-electron chi connectivity index (χ2n) is 0.944. The Morgan fingerprint density at radius 1 is 1.62 bits per heavy atom. The standard InChI is InChI=1S/C2H4N4S2/c1-7-8-2-3-5-6-4-2/h1H3,(H,3,4,5,6). The molecule has 0 aliphatic rings. The summed E-state index contributed by atoms with van der Waals surface area (Å²) in [6.45, 7) is 0. The number of hydrogen-bond donors (Lipinski definition) is 1. The molecular formula is C2H4N4S2. The van der Waals surface area contributed by atoms with Crippen molar-refractivity contribution in [2.45, 2.75) is 5.16 Å². The van der Waals surface area contributed by atoms with E-state index in [1.54, 1.807) is 10.8 Å². The molecule has 0 atom stereocenters. The van der Waals surface area contributed by atoms with Crippen LogP contribution in [0, 0.1) is 0 Å². The van der Waals surface area contributed by atoms with Crippen LogP contribution >= 0.6 is 21.6 Å². The molecule has 0 aliphatic carbocycles. The van der Waals surface area contributed by atoms with E-state index < -0.39 is 0 Å². The first kappa shape index (κ1) is 5.90. The van der Waals surface area contributed by atoms with Crippen molar-refractivity contribution in [3.05, 3.63) is 0 Å². The van der Waals surface area contributed by atoms with Crippen LogP contribution in [0.1, 0.15) is 0 Å². The molecule has 44 valence electrons. The third kappa shape index (κ3) is 1.38. The lowest BCUT2D eigenvalue weighted by Crippen LogP contribution is -1.67. The van der Waals surface area contributed by atoms with Crippen LogP contribution in [0.15, 0.2) is 5.16 Å². The van der Waals surface area contributed by atoms with Crippen molar-refractivity contribution in [3.63, 3.8) is 0 Å². The van der Waals surface area contributed by atoms with Crippen molar-refractivity contribution in [2.24, 2.45) is 0 Å². The summed E-state index contributed by atoms with van der Waals surface area (Å²) in [6, 6.07) is 0. The zero-order valence-corrected chi connectivity index (χ0v) is 5.79. The lowest BCUT2D eigenvalue weighted by atomic mass is 11.4. The summed E-state index contributed by atoms with van der Waals surface area (Å²) in [5.74, 6) is 0. The summed E-state index contributed by atoms with van der Waals surface area (Å²) in [4.78, 5) is 0. The van der Waals surface area contributed by atoms with Crippen LogP contribution in [-0.4, -0.2) is 26.9 Å². The monoisotopic (exact) mass is 148 g/mol. The maximum absolute atomic E-state index is 3.70. The molecule has 0 aromatic carbocycles. The minimum absolute atomic E-state index is 0.678. The molecule has 6 heteroatoms. The second-order valence-corrected chi connectivity index (χ2v) is 3.31. The first-order chi connectivity index (χ1) is 3.93. The van der Waals surface area contributed by atoms with Crippen LogP contribution in [0.3, 0.4) is 0 Å². The number of H-pyrrole nitrogens is 1. The molecule has 0 amide bonds. The van der Waals surface area contributed by atoms with Crippen LogP contribution in [0.25, 0.3) is 0 Å². The lowest BCUT2D eigenvalue weighted by molar-refractivity contribution is 0.881. The zero-order valence-electron chi connectivity index (χ0n) is 4.16. The van der Waals surface area contributed by atoms with Gasteiger partial charge in [-0.3, -0.25) is 0 Å². The minimum atomic E-state index is 0.678. The highest BCUT2D eigenvalue weighted by atomic mass is 33.1. The van der Waals surface area contributed by atoms with Gasteiger partial charge in [-0.2, -0.15) is 5.21 Å². The predicted octanol–water partition coefficient (Wildman–Crippen LogP) is 0.570. The SMILES string of the molecule is CSSc1nn[nH]n1. The molecule has 1 aromatic rings. The van der Waals surface area contributed by atoms with Gasteiger partial charge in [0.05, 0.1) is 0 Å². The fourth-order valence-corrected chi connectivity index (χ4v) is 1.22. The molecular weight excluding hydrogens is 144 g/mol. The van der Waals surface area contributed by atoms with Crippen LogP contribution in [0.5, 0.6) is 0 Å². The van der Waals surface area contributed by atoms with Gasteiger partial charge in [0, 0.05) is 0 Å². The van der Waals surface area contributed by atoms with Gasteiger partial charge < -0.3 is 0 Å². The van der Waals surface area contributed by atoms with Gasteiger partial charge in [0.1, 0.15) is 0 Å². The Balaban J connectivity index is 2.50. The largest absolute Gasteiger partial charge is 0.241 e. The second kappa shape index (κ2) is 2.93. The molecule has 0 bridgehead atoms. The fraction of sp³-hybridized carbons (Fsp3) is 0.500. The predicted molar refractivity (Wildman–Crippen MR) is 33.5 cm³/mol. The Kier molecular flexibility index (Phi) is 2.16.